The van der Waals surface area contributed by atoms with E-state index in [2.05, 4.69) is 0 Å². The highest BCUT2D eigenvalue weighted by Crippen LogP contribution is 2.41. The summed E-state index contributed by atoms with van der Waals surface area (Å²) >= 11 is 0. The van der Waals surface area contributed by atoms with Gasteiger partial charge in [-0.05, 0) is 34.4 Å². The number of amides is 1. The minimum Gasteiger partial charge on any atom is -0.497 e. The molecule has 5 heteroatoms. The molecule has 1 heterocycles. The van der Waals surface area contributed by atoms with Gasteiger partial charge in [-0.3, -0.25) is 9.59 Å². The first kappa shape index (κ1) is 19.7. The molecular formula is C25H23NO4. The molecular weight excluding hydrogens is 378 g/mol. The highest BCUT2D eigenvalue weighted by atomic mass is 16.5. The third-order valence-corrected chi connectivity index (χ3v) is 5.62. The minimum atomic E-state index is -0.948. The number of rotatable bonds is 5. The van der Waals surface area contributed by atoms with Crippen molar-refractivity contribution in [2.75, 3.05) is 7.11 Å². The van der Waals surface area contributed by atoms with Gasteiger partial charge >= 0.3 is 5.97 Å². The van der Waals surface area contributed by atoms with Crippen LogP contribution in [-0.4, -0.2) is 29.0 Å². The largest absolute Gasteiger partial charge is 0.497 e. The van der Waals surface area contributed by atoms with Crippen LogP contribution in [0.5, 0.6) is 5.75 Å². The van der Waals surface area contributed by atoms with Crippen LogP contribution in [0.25, 0.3) is 0 Å². The molecule has 2 atom stereocenters. The number of carbonyl (C=O) groups is 2. The zero-order valence-corrected chi connectivity index (χ0v) is 16.7. The van der Waals surface area contributed by atoms with Crippen molar-refractivity contribution >= 4 is 11.9 Å². The van der Waals surface area contributed by atoms with Gasteiger partial charge in [0.1, 0.15) is 11.7 Å². The number of hydrogen-bond acceptors (Lipinski definition) is 3. The minimum absolute atomic E-state index is 0.0872. The third-order valence-electron chi connectivity index (χ3n) is 5.62. The van der Waals surface area contributed by atoms with Gasteiger partial charge in [-0.2, -0.15) is 0 Å². The van der Waals surface area contributed by atoms with Gasteiger partial charge < -0.3 is 14.7 Å². The van der Waals surface area contributed by atoms with Crippen LogP contribution in [-0.2, 0) is 22.6 Å². The summed E-state index contributed by atoms with van der Waals surface area (Å²) in [6.45, 7) is 0.341. The predicted molar refractivity (Wildman–Crippen MR) is 113 cm³/mol. The predicted octanol–water partition coefficient (Wildman–Crippen LogP) is 4.19. The Labute approximate surface area is 175 Å². The number of benzene rings is 3. The number of carbonyl (C=O) groups excluding carboxylic acids is 1. The molecule has 0 unspecified atom stereocenters. The number of aliphatic carboxylic acids is 1. The molecule has 4 rings (SSSR count). The van der Waals surface area contributed by atoms with Crippen LogP contribution in [0.4, 0.5) is 0 Å². The molecule has 0 bridgehead atoms. The van der Waals surface area contributed by atoms with E-state index < -0.39 is 17.9 Å². The van der Waals surface area contributed by atoms with Crippen molar-refractivity contribution in [2.24, 2.45) is 0 Å². The van der Waals surface area contributed by atoms with Gasteiger partial charge in [0, 0.05) is 6.54 Å². The number of hydrogen-bond donors (Lipinski definition) is 1. The SMILES string of the molecule is COc1ccc([C@H]2[C@H](C(=O)O)c3ccccc3CC(=O)N2Cc2ccccc2)cc1. The van der Waals surface area contributed by atoms with Crippen molar-refractivity contribution in [1.29, 1.82) is 0 Å². The van der Waals surface area contributed by atoms with Crippen LogP contribution in [0.1, 0.15) is 34.2 Å². The van der Waals surface area contributed by atoms with E-state index in [4.69, 9.17) is 4.74 Å². The van der Waals surface area contributed by atoms with Crippen molar-refractivity contribution in [1.82, 2.24) is 4.90 Å². The molecule has 3 aromatic rings. The fourth-order valence-corrected chi connectivity index (χ4v) is 4.18. The number of fused-ring (bicyclic) bond motifs is 1. The fraction of sp³-hybridized carbons (Fsp3) is 0.200. The maximum atomic E-state index is 13.4. The Morgan fingerprint density at radius 2 is 1.67 bits per heavy atom. The molecule has 0 aromatic heterocycles. The first-order valence-corrected chi connectivity index (χ1v) is 9.86. The molecule has 3 aromatic carbocycles. The van der Waals surface area contributed by atoms with Crippen LogP contribution in [0.15, 0.2) is 78.9 Å². The lowest BCUT2D eigenvalue weighted by Gasteiger charge is -2.34. The normalized spacial score (nSPS) is 18.4. The lowest BCUT2D eigenvalue weighted by Crippen LogP contribution is -2.38. The monoisotopic (exact) mass is 401 g/mol. The van der Waals surface area contributed by atoms with Crippen molar-refractivity contribution in [3.8, 4) is 5.75 Å². The summed E-state index contributed by atoms with van der Waals surface area (Å²) in [5, 5.41) is 10.2. The molecule has 0 saturated heterocycles. The Bertz CT molecular complexity index is 1050. The van der Waals surface area contributed by atoms with Crippen molar-refractivity contribution < 1.29 is 19.4 Å². The number of ether oxygens (including phenoxy) is 1. The molecule has 1 amide bonds. The first-order chi connectivity index (χ1) is 14.6. The Balaban J connectivity index is 1.87. The zero-order chi connectivity index (χ0) is 21.1. The Hall–Kier alpha value is -3.60. The van der Waals surface area contributed by atoms with Gasteiger partial charge in [0.05, 0.1) is 19.6 Å². The second-order valence-corrected chi connectivity index (χ2v) is 7.42. The average molecular weight is 401 g/mol. The molecule has 0 aliphatic carbocycles. The van der Waals surface area contributed by atoms with E-state index in [1.54, 1.807) is 24.1 Å². The van der Waals surface area contributed by atoms with E-state index in [0.717, 1.165) is 16.7 Å². The van der Waals surface area contributed by atoms with E-state index in [1.165, 1.54) is 0 Å². The quantitative estimate of drug-likeness (QED) is 0.696. The van der Waals surface area contributed by atoms with Gasteiger partial charge in [0.25, 0.3) is 0 Å². The lowest BCUT2D eigenvalue weighted by atomic mass is 9.84. The zero-order valence-electron chi connectivity index (χ0n) is 16.7. The van der Waals surface area contributed by atoms with Crippen LogP contribution in [0.2, 0.25) is 0 Å². The highest BCUT2D eigenvalue weighted by Gasteiger charge is 2.41. The van der Waals surface area contributed by atoms with Crippen LogP contribution in [0, 0.1) is 0 Å². The Kier molecular flexibility index (Phi) is 5.53. The molecule has 1 aliphatic rings. The van der Waals surface area contributed by atoms with Crippen molar-refractivity contribution in [3.63, 3.8) is 0 Å². The van der Waals surface area contributed by atoms with Gasteiger partial charge in [-0.1, -0.05) is 66.7 Å². The maximum Gasteiger partial charge on any atom is 0.313 e. The summed E-state index contributed by atoms with van der Waals surface area (Å²) in [4.78, 5) is 27.6. The summed E-state index contributed by atoms with van der Waals surface area (Å²) in [6, 6.07) is 23.7. The summed E-state index contributed by atoms with van der Waals surface area (Å²) in [5.41, 5.74) is 3.18. The first-order valence-electron chi connectivity index (χ1n) is 9.86. The second-order valence-electron chi connectivity index (χ2n) is 7.42. The average Bonchev–Trinajstić information content (AvgIpc) is 2.89. The maximum absolute atomic E-state index is 13.4. The highest BCUT2D eigenvalue weighted by molar-refractivity contribution is 5.86. The summed E-state index contributed by atoms with van der Waals surface area (Å²) < 4.78 is 5.26. The Morgan fingerprint density at radius 3 is 2.33 bits per heavy atom. The van der Waals surface area contributed by atoms with Gasteiger partial charge in [-0.25, -0.2) is 0 Å². The molecule has 0 radical (unpaired) electrons. The van der Waals surface area contributed by atoms with E-state index >= 15 is 0 Å². The lowest BCUT2D eigenvalue weighted by molar-refractivity contribution is -0.143. The van der Waals surface area contributed by atoms with Crippen molar-refractivity contribution in [3.05, 3.63) is 101 Å². The number of carboxylic acid groups (broad SMARTS) is 1. The summed E-state index contributed by atoms with van der Waals surface area (Å²) in [7, 11) is 1.59. The molecule has 0 fully saturated rings. The molecule has 5 nitrogen and oxygen atoms in total. The number of nitrogens with zero attached hydrogens (tertiary/aromatic N) is 1. The van der Waals surface area contributed by atoms with Crippen LogP contribution in [0.3, 0.4) is 0 Å². The Morgan fingerprint density at radius 1 is 1.00 bits per heavy atom. The van der Waals surface area contributed by atoms with E-state index in [-0.39, 0.29) is 12.3 Å². The molecule has 0 spiro atoms. The van der Waals surface area contributed by atoms with Gasteiger partial charge in [0.2, 0.25) is 5.91 Å². The molecule has 152 valence electrons. The molecule has 30 heavy (non-hydrogen) atoms. The van der Waals surface area contributed by atoms with Crippen LogP contribution < -0.4 is 4.74 Å². The van der Waals surface area contributed by atoms with Crippen LogP contribution >= 0.6 is 0 Å². The second kappa shape index (κ2) is 8.41. The fourth-order valence-electron chi connectivity index (χ4n) is 4.18. The van der Waals surface area contributed by atoms with E-state index in [9.17, 15) is 14.7 Å². The van der Waals surface area contributed by atoms with E-state index in [1.807, 2.05) is 66.7 Å². The third kappa shape index (κ3) is 3.79. The smallest absolute Gasteiger partial charge is 0.313 e. The number of carboxylic acids is 1. The summed E-state index contributed by atoms with van der Waals surface area (Å²) in [5.74, 6) is -1.22. The topological polar surface area (TPSA) is 66.8 Å². The molecule has 1 N–H and O–H groups in total. The molecule has 0 saturated carbocycles. The molecule has 1 aliphatic heterocycles. The van der Waals surface area contributed by atoms with Crippen molar-refractivity contribution in [2.45, 2.75) is 24.9 Å². The number of methoxy groups -OCH3 is 1. The standard InChI is InChI=1S/C25H23NO4/c1-30-20-13-11-18(12-14-20)24-23(25(28)29)21-10-6-5-9-19(21)15-22(27)26(24)16-17-7-3-2-4-8-17/h2-14,23-24H,15-16H2,1H3,(H,28,29)/t23-,24+/m1/s1. The summed E-state index contributed by atoms with van der Waals surface area (Å²) in [6.07, 6.45) is 0.180. The van der Waals surface area contributed by atoms with E-state index in [0.29, 0.717) is 17.9 Å². The van der Waals surface area contributed by atoms with Gasteiger partial charge in [0.15, 0.2) is 0 Å². The van der Waals surface area contributed by atoms with Gasteiger partial charge in [-0.15, -0.1) is 0 Å².